The van der Waals surface area contributed by atoms with Crippen LogP contribution in [-0.2, 0) is 11.4 Å². The molecule has 0 radical (unpaired) electrons. The Balaban J connectivity index is 1.59. The van der Waals surface area contributed by atoms with Gasteiger partial charge in [-0.3, -0.25) is 9.59 Å². The summed E-state index contributed by atoms with van der Waals surface area (Å²) in [4.78, 5) is 23.4. The minimum atomic E-state index is -0.108. The molecule has 0 aromatic heterocycles. The van der Waals surface area contributed by atoms with Gasteiger partial charge in [-0.15, -0.1) is 0 Å². The molecule has 3 aromatic carbocycles. The number of hydrogen-bond donors (Lipinski definition) is 1. The zero-order valence-corrected chi connectivity index (χ0v) is 14.4. The van der Waals surface area contributed by atoms with E-state index in [1.165, 1.54) is 6.92 Å². The first kappa shape index (κ1) is 17.4. The highest BCUT2D eigenvalue weighted by Gasteiger charge is 2.08. The van der Waals surface area contributed by atoms with Crippen LogP contribution in [0.15, 0.2) is 78.9 Å². The number of carbonyl (C=O) groups excluding carboxylic acids is 2. The van der Waals surface area contributed by atoms with E-state index in [0.717, 1.165) is 11.3 Å². The summed E-state index contributed by atoms with van der Waals surface area (Å²) in [6, 6.07) is 23.8. The van der Waals surface area contributed by atoms with Crippen LogP contribution in [0.3, 0.4) is 0 Å². The van der Waals surface area contributed by atoms with Crippen LogP contribution in [0.25, 0.3) is 0 Å². The number of ketones is 1. The fraction of sp³-hybridized carbons (Fsp3) is 0.0909. The van der Waals surface area contributed by atoms with E-state index in [2.05, 4.69) is 5.32 Å². The van der Waals surface area contributed by atoms with Crippen molar-refractivity contribution in [3.05, 3.63) is 95.6 Å². The van der Waals surface area contributed by atoms with Crippen LogP contribution in [0.1, 0.15) is 28.4 Å². The molecule has 0 spiro atoms. The molecular formula is C22H19NO3. The standard InChI is InChI=1S/C22H19NO3/c1-16(24)23-20-11-13-21(14-12-20)26-15-17-7-9-19(10-8-17)22(25)18-5-3-2-4-6-18/h2-14H,15H2,1H3,(H,23,24). The first-order valence-corrected chi connectivity index (χ1v) is 8.31. The summed E-state index contributed by atoms with van der Waals surface area (Å²) in [5.74, 6) is 0.610. The average molecular weight is 345 g/mol. The minimum Gasteiger partial charge on any atom is -0.489 e. The van der Waals surface area contributed by atoms with Crippen LogP contribution in [-0.4, -0.2) is 11.7 Å². The van der Waals surface area contributed by atoms with Gasteiger partial charge in [-0.1, -0.05) is 54.6 Å². The molecule has 3 aromatic rings. The zero-order chi connectivity index (χ0) is 18.4. The van der Waals surface area contributed by atoms with Gasteiger partial charge in [0.1, 0.15) is 12.4 Å². The maximum Gasteiger partial charge on any atom is 0.221 e. The smallest absolute Gasteiger partial charge is 0.221 e. The molecule has 26 heavy (non-hydrogen) atoms. The number of anilines is 1. The quantitative estimate of drug-likeness (QED) is 0.671. The molecule has 0 aliphatic rings. The van der Waals surface area contributed by atoms with Crippen molar-refractivity contribution in [2.75, 3.05) is 5.32 Å². The molecule has 0 saturated heterocycles. The van der Waals surface area contributed by atoms with Crippen molar-refractivity contribution in [2.45, 2.75) is 13.5 Å². The molecule has 0 aliphatic carbocycles. The second kappa shape index (κ2) is 8.12. The van der Waals surface area contributed by atoms with Gasteiger partial charge < -0.3 is 10.1 Å². The molecular weight excluding hydrogens is 326 g/mol. The number of nitrogens with one attached hydrogen (secondary N) is 1. The Bertz CT molecular complexity index is 885. The van der Waals surface area contributed by atoms with Crippen molar-refractivity contribution in [1.82, 2.24) is 0 Å². The Labute approximate surface area is 152 Å². The summed E-state index contributed by atoms with van der Waals surface area (Å²) in [5.41, 5.74) is 3.03. The lowest BCUT2D eigenvalue weighted by atomic mass is 10.0. The van der Waals surface area contributed by atoms with Crippen molar-refractivity contribution in [2.24, 2.45) is 0 Å². The van der Waals surface area contributed by atoms with Crippen LogP contribution in [0.2, 0.25) is 0 Å². The van der Waals surface area contributed by atoms with Gasteiger partial charge in [-0.2, -0.15) is 0 Å². The van der Waals surface area contributed by atoms with Gasteiger partial charge in [0.25, 0.3) is 0 Å². The van der Waals surface area contributed by atoms with E-state index in [1.54, 1.807) is 24.3 Å². The summed E-state index contributed by atoms with van der Waals surface area (Å²) < 4.78 is 5.74. The van der Waals surface area contributed by atoms with E-state index in [0.29, 0.717) is 23.5 Å². The third-order valence-corrected chi connectivity index (χ3v) is 3.83. The van der Waals surface area contributed by atoms with E-state index < -0.39 is 0 Å². The first-order valence-electron chi connectivity index (χ1n) is 8.31. The summed E-state index contributed by atoms with van der Waals surface area (Å²) >= 11 is 0. The van der Waals surface area contributed by atoms with Gasteiger partial charge in [0.2, 0.25) is 5.91 Å². The molecule has 130 valence electrons. The third kappa shape index (κ3) is 4.57. The number of rotatable bonds is 6. The maximum atomic E-state index is 12.4. The van der Waals surface area contributed by atoms with Gasteiger partial charge in [0, 0.05) is 23.7 Å². The van der Waals surface area contributed by atoms with Gasteiger partial charge in [-0.05, 0) is 29.8 Å². The Morgan fingerprint density at radius 3 is 2.04 bits per heavy atom. The van der Waals surface area contributed by atoms with Crippen LogP contribution in [0.4, 0.5) is 5.69 Å². The second-order valence-corrected chi connectivity index (χ2v) is 5.89. The lowest BCUT2D eigenvalue weighted by molar-refractivity contribution is -0.114. The summed E-state index contributed by atoms with van der Waals surface area (Å²) in [7, 11) is 0. The van der Waals surface area contributed by atoms with Crippen LogP contribution in [0, 0.1) is 0 Å². The highest BCUT2D eigenvalue weighted by Crippen LogP contribution is 2.18. The van der Waals surface area contributed by atoms with E-state index >= 15 is 0 Å². The fourth-order valence-corrected chi connectivity index (χ4v) is 2.51. The van der Waals surface area contributed by atoms with Gasteiger partial charge in [0.05, 0.1) is 0 Å². The molecule has 0 fully saturated rings. The Hall–Kier alpha value is -3.40. The Kier molecular flexibility index (Phi) is 5.44. The lowest BCUT2D eigenvalue weighted by Crippen LogP contribution is -2.05. The predicted octanol–water partition coefficient (Wildman–Crippen LogP) is 4.46. The van der Waals surface area contributed by atoms with Crippen LogP contribution >= 0.6 is 0 Å². The van der Waals surface area contributed by atoms with Crippen LogP contribution in [0.5, 0.6) is 5.75 Å². The van der Waals surface area contributed by atoms with Crippen molar-refractivity contribution in [1.29, 1.82) is 0 Å². The van der Waals surface area contributed by atoms with E-state index in [4.69, 9.17) is 4.74 Å². The molecule has 0 unspecified atom stereocenters. The topological polar surface area (TPSA) is 55.4 Å². The molecule has 0 heterocycles. The van der Waals surface area contributed by atoms with Gasteiger partial charge >= 0.3 is 0 Å². The Morgan fingerprint density at radius 1 is 0.808 bits per heavy atom. The van der Waals surface area contributed by atoms with Gasteiger partial charge in [0.15, 0.2) is 5.78 Å². The molecule has 4 nitrogen and oxygen atoms in total. The van der Waals surface area contributed by atoms with E-state index in [1.807, 2.05) is 54.6 Å². The number of carbonyl (C=O) groups is 2. The lowest BCUT2D eigenvalue weighted by Gasteiger charge is -2.08. The predicted molar refractivity (Wildman–Crippen MR) is 101 cm³/mol. The monoisotopic (exact) mass is 345 g/mol. The third-order valence-electron chi connectivity index (χ3n) is 3.83. The molecule has 3 rings (SSSR count). The number of benzene rings is 3. The van der Waals surface area contributed by atoms with Gasteiger partial charge in [-0.25, -0.2) is 0 Å². The van der Waals surface area contributed by atoms with Crippen molar-refractivity contribution >= 4 is 17.4 Å². The second-order valence-electron chi connectivity index (χ2n) is 5.89. The number of hydrogen-bond acceptors (Lipinski definition) is 3. The SMILES string of the molecule is CC(=O)Nc1ccc(OCc2ccc(C(=O)c3ccccc3)cc2)cc1. The fourth-order valence-electron chi connectivity index (χ4n) is 2.51. The van der Waals surface area contributed by atoms with Crippen molar-refractivity contribution < 1.29 is 14.3 Å². The molecule has 4 heteroatoms. The van der Waals surface area contributed by atoms with E-state index in [9.17, 15) is 9.59 Å². The molecule has 0 atom stereocenters. The first-order chi connectivity index (χ1) is 12.6. The highest BCUT2D eigenvalue weighted by atomic mass is 16.5. The molecule has 0 saturated carbocycles. The summed E-state index contributed by atoms with van der Waals surface area (Å²) in [5, 5.41) is 2.71. The molecule has 1 amide bonds. The normalized spacial score (nSPS) is 10.2. The highest BCUT2D eigenvalue weighted by molar-refractivity contribution is 6.08. The number of amides is 1. The Morgan fingerprint density at radius 2 is 1.42 bits per heavy atom. The van der Waals surface area contributed by atoms with Crippen molar-refractivity contribution in [3.8, 4) is 5.75 Å². The zero-order valence-electron chi connectivity index (χ0n) is 14.4. The van der Waals surface area contributed by atoms with E-state index in [-0.39, 0.29) is 11.7 Å². The maximum absolute atomic E-state index is 12.4. The molecule has 0 aliphatic heterocycles. The summed E-state index contributed by atoms with van der Waals surface area (Å²) in [6.07, 6.45) is 0. The molecule has 0 bridgehead atoms. The van der Waals surface area contributed by atoms with Crippen molar-refractivity contribution in [3.63, 3.8) is 0 Å². The number of ether oxygens (including phenoxy) is 1. The average Bonchev–Trinajstić information content (AvgIpc) is 2.67. The minimum absolute atomic E-state index is 0.00614. The summed E-state index contributed by atoms with van der Waals surface area (Å²) in [6.45, 7) is 1.87. The van der Waals surface area contributed by atoms with Crippen LogP contribution < -0.4 is 10.1 Å². The largest absolute Gasteiger partial charge is 0.489 e. The molecule has 1 N–H and O–H groups in total.